The fourth-order valence-electron chi connectivity index (χ4n) is 2.89. The Balaban J connectivity index is 1.83. The summed E-state index contributed by atoms with van der Waals surface area (Å²) in [6.45, 7) is -0.510. The van der Waals surface area contributed by atoms with Gasteiger partial charge in [-0.2, -0.15) is 5.10 Å². The lowest BCUT2D eigenvalue weighted by Crippen LogP contribution is -2.39. The molecule has 3 rings (SSSR count). The lowest BCUT2D eigenvalue weighted by molar-refractivity contribution is -0.119. The SMILES string of the molecule is COc1ccc(S(=O)(=O)N(CC(=O)N/N=C\c2cccc(OC)c2)c2cccc(Cl)c2)cc1. The van der Waals surface area contributed by atoms with Gasteiger partial charge in [-0.25, -0.2) is 13.8 Å². The molecular weight excluding hydrogens is 466 g/mol. The zero-order valence-corrected chi connectivity index (χ0v) is 19.5. The highest BCUT2D eigenvalue weighted by Crippen LogP contribution is 2.27. The van der Waals surface area contributed by atoms with Crippen LogP contribution in [-0.4, -0.2) is 41.3 Å². The quantitative estimate of drug-likeness (QED) is 0.366. The lowest BCUT2D eigenvalue weighted by Gasteiger charge is -2.24. The zero-order valence-electron chi connectivity index (χ0n) is 17.9. The number of carbonyl (C=O) groups is 1. The van der Waals surface area contributed by atoms with Crippen LogP contribution in [-0.2, 0) is 14.8 Å². The number of hydrogen-bond acceptors (Lipinski definition) is 6. The largest absolute Gasteiger partial charge is 0.497 e. The van der Waals surface area contributed by atoms with E-state index in [-0.39, 0.29) is 10.6 Å². The van der Waals surface area contributed by atoms with Gasteiger partial charge in [0.25, 0.3) is 15.9 Å². The molecule has 3 aromatic rings. The van der Waals surface area contributed by atoms with Crippen LogP contribution in [0.1, 0.15) is 5.56 Å². The molecule has 172 valence electrons. The molecule has 0 bridgehead atoms. The van der Waals surface area contributed by atoms with Crippen LogP contribution in [0.15, 0.2) is 82.8 Å². The van der Waals surface area contributed by atoms with Crippen molar-refractivity contribution in [3.05, 3.63) is 83.4 Å². The summed E-state index contributed by atoms with van der Waals surface area (Å²) in [6.07, 6.45) is 1.43. The average molecular weight is 488 g/mol. The van der Waals surface area contributed by atoms with E-state index >= 15 is 0 Å². The molecule has 1 amide bonds. The third-order valence-electron chi connectivity index (χ3n) is 4.53. The molecule has 1 N–H and O–H groups in total. The van der Waals surface area contributed by atoms with E-state index in [1.165, 1.54) is 43.7 Å². The smallest absolute Gasteiger partial charge is 0.264 e. The average Bonchev–Trinajstić information content (AvgIpc) is 2.82. The van der Waals surface area contributed by atoms with Crippen molar-refractivity contribution in [3.63, 3.8) is 0 Å². The molecule has 0 saturated carbocycles. The van der Waals surface area contributed by atoms with Gasteiger partial charge in [0, 0.05) is 5.02 Å². The number of hydrogen-bond donors (Lipinski definition) is 1. The molecule has 0 radical (unpaired) electrons. The van der Waals surface area contributed by atoms with Gasteiger partial charge in [-0.05, 0) is 60.2 Å². The van der Waals surface area contributed by atoms with Gasteiger partial charge in [0.05, 0.1) is 31.0 Å². The Morgan fingerprint density at radius 2 is 1.70 bits per heavy atom. The minimum atomic E-state index is -4.09. The number of rotatable bonds is 9. The van der Waals surface area contributed by atoms with E-state index in [9.17, 15) is 13.2 Å². The van der Waals surface area contributed by atoms with E-state index in [4.69, 9.17) is 21.1 Å². The molecule has 0 atom stereocenters. The number of ether oxygens (including phenoxy) is 2. The van der Waals surface area contributed by atoms with Gasteiger partial charge in [0.15, 0.2) is 0 Å². The molecule has 0 aromatic heterocycles. The molecule has 0 spiro atoms. The maximum atomic E-state index is 13.4. The molecule has 0 aliphatic heterocycles. The Bertz CT molecular complexity index is 1250. The predicted octanol–water partition coefficient (Wildman–Crippen LogP) is 3.70. The second-order valence-electron chi connectivity index (χ2n) is 6.74. The topological polar surface area (TPSA) is 97.3 Å². The normalized spacial score (nSPS) is 11.2. The van der Waals surface area contributed by atoms with E-state index in [0.717, 1.165) is 4.31 Å². The van der Waals surface area contributed by atoms with Crippen molar-refractivity contribution < 1.29 is 22.7 Å². The monoisotopic (exact) mass is 487 g/mol. The standard InChI is InChI=1S/C23H22ClN3O5S/c1-31-20-9-11-22(12-10-20)33(29,30)27(19-7-4-6-18(24)14-19)16-23(28)26-25-15-17-5-3-8-21(13-17)32-2/h3-15H,16H2,1-2H3,(H,26,28)/b25-15-. The van der Waals surface area contributed by atoms with Crippen LogP contribution in [0.3, 0.4) is 0 Å². The fourth-order valence-corrected chi connectivity index (χ4v) is 4.48. The van der Waals surface area contributed by atoms with Gasteiger partial charge in [-0.3, -0.25) is 9.10 Å². The number of halogens is 1. The lowest BCUT2D eigenvalue weighted by atomic mass is 10.2. The molecule has 0 fully saturated rings. The van der Waals surface area contributed by atoms with Crippen molar-refractivity contribution in [2.45, 2.75) is 4.90 Å². The maximum absolute atomic E-state index is 13.4. The van der Waals surface area contributed by atoms with Crippen LogP contribution in [0.25, 0.3) is 0 Å². The van der Waals surface area contributed by atoms with Crippen LogP contribution >= 0.6 is 11.6 Å². The van der Waals surface area contributed by atoms with E-state index in [1.807, 2.05) is 0 Å². The summed E-state index contributed by atoms with van der Waals surface area (Å²) in [7, 11) is -1.06. The molecule has 0 aliphatic carbocycles. The van der Waals surface area contributed by atoms with E-state index in [0.29, 0.717) is 22.1 Å². The first-order chi connectivity index (χ1) is 15.8. The van der Waals surface area contributed by atoms with Gasteiger partial charge in [-0.15, -0.1) is 0 Å². The van der Waals surface area contributed by atoms with Gasteiger partial charge < -0.3 is 9.47 Å². The number of hydrazone groups is 1. The highest BCUT2D eigenvalue weighted by molar-refractivity contribution is 7.92. The summed E-state index contributed by atoms with van der Waals surface area (Å²) in [4.78, 5) is 12.6. The highest BCUT2D eigenvalue weighted by atomic mass is 35.5. The summed E-state index contributed by atoms with van der Waals surface area (Å²) < 4.78 is 37.9. The maximum Gasteiger partial charge on any atom is 0.264 e. The molecule has 0 heterocycles. The summed E-state index contributed by atoms with van der Waals surface area (Å²) in [5.41, 5.74) is 3.30. The minimum absolute atomic E-state index is 0.00374. The van der Waals surface area contributed by atoms with Crippen molar-refractivity contribution in [2.75, 3.05) is 25.1 Å². The van der Waals surface area contributed by atoms with Crippen LogP contribution in [0.4, 0.5) is 5.69 Å². The van der Waals surface area contributed by atoms with E-state index in [1.54, 1.807) is 49.6 Å². The first-order valence-electron chi connectivity index (χ1n) is 9.72. The van der Waals surface area contributed by atoms with Crippen LogP contribution in [0.5, 0.6) is 11.5 Å². The van der Waals surface area contributed by atoms with Crippen LogP contribution in [0.2, 0.25) is 5.02 Å². The molecular formula is C23H22ClN3O5S. The second kappa shape index (κ2) is 10.8. The molecule has 10 heteroatoms. The zero-order chi connectivity index (χ0) is 23.8. The Kier molecular flexibility index (Phi) is 7.92. The first-order valence-corrected chi connectivity index (χ1v) is 11.5. The molecule has 0 unspecified atom stereocenters. The molecule has 8 nitrogen and oxygen atoms in total. The number of sulfonamides is 1. The highest BCUT2D eigenvalue weighted by Gasteiger charge is 2.27. The fraction of sp³-hybridized carbons (Fsp3) is 0.130. The Morgan fingerprint density at radius 3 is 2.36 bits per heavy atom. The van der Waals surface area contributed by atoms with Crippen molar-refractivity contribution in [1.82, 2.24) is 5.43 Å². The number of benzene rings is 3. The number of amides is 1. The minimum Gasteiger partial charge on any atom is -0.497 e. The number of nitrogens with zero attached hydrogens (tertiary/aromatic N) is 2. The van der Waals surface area contributed by atoms with Gasteiger partial charge in [-0.1, -0.05) is 29.8 Å². The first kappa shape index (κ1) is 24.1. The Hall–Kier alpha value is -3.56. The number of anilines is 1. The van der Waals surface area contributed by atoms with Crippen molar-refractivity contribution >= 4 is 39.4 Å². The molecule has 0 aliphatic rings. The van der Waals surface area contributed by atoms with Crippen molar-refractivity contribution in [1.29, 1.82) is 0 Å². The Morgan fingerprint density at radius 1 is 1.00 bits per heavy atom. The van der Waals surface area contributed by atoms with Gasteiger partial charge in [0.1, 0.15) is 18.0 Å². The third-order valence-corrected chi connectivity index (χ3v) is 6.55. The summed E-state index contributed by atoms with van der Waals surface area (Å²) in [6, 6.07) is 19.2. The van der Waals surface area contributed by atoms with Crippen molar-refractivity contribution in [3.8, 4) is 11.5 Å². The number of nitrogens with one attached hydrogen (secondary N) is 1. The summed E-state index contributed by atoms with van der Waals surface area (Å²) >= 11 is 6.06. The van der Waals surface area contributed by atoms with Crippen LogP contribution in [0, 0.1) is 0 Å². The van der Waals surface area contributed by atoms with Gasteiger partial charge >= 0.3 is 0 Å². The molecule has 0 saturated heterocycles. The van der Waals surface area contributed by atoms with Crippen LogP contribution < -0.4 is 19.2 Å². The molecule has 33 heavy (non-hydrogen) atoms. The van der Waals surface area contributed by atoms with E-state index in [2.05, 4.69) is 10.5 Å². The number of methoxy groups -OCH3 is 2. The molecule has 3 aromatic carbocycles. The summed E-state index contributed by atoms with van der Waals surface area (Å²) in [5, 5.41) is 4.25. The summed E-state index contributed by atoms with van der Waals surface area (Å²) in [5.74, 6) is 0.516. The Labute approximate surface area is 197 Å². The predicted molar refractivity (Wildman–Crippen MR) is 128 cm³/mol. The second-order valence-corrected chi connectivity index (χ2v) is 9.04. The van der Waals surface area contributed by atoms with Crippen molar-refractivity contribution in [2.24, 2.45) is 5.10 Å². The van der Waals surface area contributed by atoms with Gasteiger partial charge in [0.2, 0.25) is 0 Å². The number of carbonyl (C=O) groups excluding carboxylic acids is 1. The van der Waals surface area contributed by atoms with E-state index < -0.39 is 22.5 Å². The third kappa shape index (κ3) is 6.24.